The highest BCUT2D eigenvalue weighted by molar-refractivity contribution is 5.89. The number of carboxylic acids is 1. The second kappa shape index (κ2) is 5.40. The van der Waals surface area contributed by atoms with E-state index in [1.807, 2.05) is 0 Å². The molecule has 0 spiro atoms. The number of carboxylic acid groups (broad SMARTS) is 1. The molecule has 0 saturated carbocycles. The van der Waals surface area contributed by atoms with Crippen molar-refractivity contribution in [2.75, 3.05) is 12.8 Å². The summed E-state index contributed by atoms with van der Waals surface area (Å²) >= 11 is 0. The molecule has 1 rings (SSSR count). The van der Waals surface area contributed by atoms with Crippen molar-refractivity contribution < 1.29 is 27.9 Å². The Kier molecular flexibility index (Phi) is 4.26. The van der Waals surface area contributed by atoms with E-state index in [1.165, 1.54) is 19.1 Å². The Morgan fingerprint density at radius 2 is 1.90 bits per heavy atom. The van der Waals surface area contributed by atoms with Gasteiger partial charge in [-0.2, -0.15) is 13.2 Å². The maximum Gasteiger partial charge on any atom is 0.471 e. The molecule has 0 aliphatic heterocycles. The van der Waals surface area contributed by atoms with Crippen LogP contribution in [0.15, 0.2) is 18.2 Å². The predicted molar refractivity (Wildman–Crippen MR) is 65.1 cm³/mol. The van der Waals surface area contributed by atoms with Gasteiger partial charge in [0.15, 0.2) is 0 Å². The number of hydrogen-bond donors (Lipinski definition) is 2. The lowest BCUT2D eigenvalue weighted by molar-refractivity contribution is -0.186. The van der Waals surface area contributed by atoms with E-state index >= 15 is 0 Å². The van der Waals surface area contributed by atoms with Crippen LogP contribution in [0.3, 0.4) is 0 Å². The van der Waals surface area contributed by atoms with E-state index in [2.05, 4.69) is 0 Å². The number of amides is 1. The summed E-state index contributed by atoms with van der Waals surface area (Å²) in [5.74, 6) is -3.19. The van der Waals surface area contributed by atoms with Gasteiger partial charge in [-0.25, -0.2) is 4.79 Å². The third-order valence-electron chi connectivity index (χ3n) is 2.93. The third kappa shape index (κ3) is 3.19. The standard InChI is InChI=1S/C12H13F3N2O3/c1-6(17(2)11(20)12(13,14)15)8-4-3-7(10(18)19)5-9(8)16/h3-6H,16H2,1-2H3,(H,18,19). The number of alkyl halides is 3. The van der Waals surface area contributed by atoms with Crippen LogP contribution in [0.5, 0.6) is 0 Å². The largest absolute Gasteiger partial charge is 0.478 e. The molecule has 0 bridgehead atoms. The second-order valence-electron chi connectivity index (χ2n) is 4.24. The van der Waals surface area contributed by atoms with E-state index in [0.717, 1.165) is 13.1 Å². The maximum absolute atomic E-state index is 12.3. The molecule has 0 fully saturated rings. The highest BCUT2D eigenvalue weighted by Crippen LogP contribution is 2.29. The molecular formula is C12H13F3N2O3. The number of nitrogens with zero attached hydrogens (tertiary/aromatic N) is 1. The Hall–Kier alpha value is -2.25. The maximum atomic E-state index is 12.3. The monoisotopic (exact) mass is 290 g/mol. The summed E-state index contributed by atoms with van der Waals surface area (Å²) in [7, 11) is 1.00. The Bertz CT molecular complexity index is 543. The van der Waals surface area contributed by atoms with Gasteiger partial charge in [-0.1, -0.05) is 6.07 Å². The van der Waals surface area contributed by atoms with Crippen LogP contribution in [0.25, 0.3) is 0 Å². The Balaban J connectivity index is 3.06. The quantitative estimate of drug-likeness (QED) is 0.834. The van der Waals surface area contributed by atoms with Gasteiger partial charge in [0, 0.05) is 12.7 Å². The molecule has 20 heavy (non-hydrogen) atoms. The molecule has 0 aliphatic rings. The fourth-order valence-corrected chi connectivity index (χ4v) is 1.67. The lowest BCUT2D eigenvalue weighted by atomic mass is 10.0. The number of halogens is 3. The van der Waals surface area contributed by atoms with Gasteiger partial charge in [0.05, 0.1) is 11.6 Å². The lowest BCUT2D eigenvalue weighted by Crippen LogP contribution is -2.40. The first-order chi connectivity index (χ1) is 9.05. The van der Waals surface area contributed by atoms with Crippen LogP contribution < -0.4 is 5.73 Å². The van der Waals surface area contributed by atoms with E-state index in [9.17, 15) is 22.8 Å². The predicted octanol–water partition coefficient (Wildman–Crippen LogP) is 2.05. The number of rotatable bonds is 3. The number of carbonyl (C=O) groups excluding carboxylic acids is 1. The van der Waals surface area contributed by atoms with Gasteiger partial charge in [-0.3, -0.25) is 4.79 Å². The van der Waals surface area contributed by atoms with Crippen LogP contribution in [0.1, 0.15) is 28.9 Å². The van der Waals surface area contributed by atoms with E-state index in [4.69, 9.17) is 10.8 Å². The summed E-state index contributed by atoms with van der Waals surface area (Å²) < 4.78 is 37.0. The zero-order valence-electron chi connectivity index (χ0n) is 10.7. The molecule has 0 aromatic heterocycles. The van der Waals surface area contributed by atoms with Crippen molar-refractivity contribution in [2.24, 2.45) is 0 Å². The first-order valence-electron chi connectivity index (χ1n) is 5.52. The molecule has 8 heteroatoms. The van der Waals surface area contributed by atoms with E-state index in [0.29, 0.717) is 4.90 Å². The number of nitrogen functional groups attached to an aromatic ring is 1. The molecule has 0 aliphatic carbocycles. The molecular weight excluding hydrogens is 277 g/mol. The number of nitrogens with two attached hydrogens (primary N) is 1. The van der Waals surface area contributed by atoms with Gasteiger partial charge in [0.2, 0.25) is 0 Å². The minimum atomic E-state index is -4.97. The van der Waals surface area contributed by atoms with Crippen LogP contribution in [0.4, 0.5) is 18.9 Å². The van der Waals surface area contributed by atoms with Crippen molar-refractivity contribution in [1.82, 2.24) is 4.90 Å². The number of benzene rings is 1. The fraction of sp³-hybridized carbons (Fsp3) is 0.333. The highest BCUT2D eigenvalue weighted by atomic mass is 19.4. The summed E-state index contributed by atoms with van der Waals surface area (Å²) in [4.78, 5) is 22.4. The molecule has 3 N–H and O–H groups in total. The number of aromatic carboxylic acids is 1. The van der Waals surface area contributed by atoms with Gasteiger partial charge in [-0.05, 0) is 24.6 Å². The minimum Gasteiger partial charge on any atom is -0.478 e. The van der Waals surface area contributed by atoms with Crippen molar-refractivity contribution in [3.63, 3.8) is 0 Å². The van der Waals surface area contributed by atoms with Gasteiger partial charge < -0.3 is 15.7 Å². The fourth-order valence-electron chi connectivity index (χ4n) is 1.67. The van der Waals surface area contributed by atoms with E-state index in [-0.39, 0.29) is 16.8 Å². The first kappa shape index (κ1) is 15.8. The van der Waals surface area contributed by atoms with Crippen molar-refractivity contribution in [2.45, 2.75) is 19.1 Å². The van der Waals surface area contributed by atoms with E-state index < -0.39 is 24.1 Å². The van der Waals surface area contributed by atoms with Crippen LogP contribution in [-0.4, -0.2) is 35.1 Å². The molecule has 5 nitrogen and oxygen atoms in total. The smallest absolute Gasteiger partial charge is 0.471 e. The molecule has 1 aromatic rings. The highest BCUT2D eigenvalue weighted by Gasteiger charge is 2.42. The van der Waals surface area contributed by atoms with Crippen LogP contribution in [0, 0.1) is 0 Å². The average molecular weight is 290 g/mol. The normalized spacial score (nSPS) is 12.8. The summed E-state index contributed by atoms with van der Waals surface area (Å²) in [5.41, 5.74) is 5.80. The molecule has 1 amide bonds. The van der Waals surface area contributed by atoms with Crippen molar-refractivity contribution >= 4 is 17.6 Å². The second-order valence-corrected chi connectivity index (χ2v) is 4.24. The molecule has 0 radical (unpaired) electrons. The average Bonchev–Trinajstić information content (AvgIpc) is 2.34. The summed E-state index contributed by atoms with van der Waals surface area (Å²) in [5, 5.41) is 8.77. The summed E-state index contributed by atoms with van der Waals surface area (Å²) in [6, 6.07) is 2.71. The molecule has 0 heterocycles. The van der Waals surface area contributed by atoms with Crippen LogP contribution in [-0.2, 0) is 4.79 Å². The zero-order valence-corrected chi connectivity index (χ0v) is 10.7. The van der Waals surface area contributed by atoms with Crippen molar-refractivity contribution in [3.05, 3.63) is 29.3 Å². The molecule has 1 aromatic carbocycles. The zero-order chi connectivity index (χ0) is 15.7. The van der Waals surface area contributed by atoms with E-state index in [1.54, 1.807) is 0 Å². The van der Waals surface area contributed by atoms with Crippen LogP contribution in [0.2, 0.25) is 0 Å². The SMILES string of the molecule is CC(c1ccc(C(=O)O)cc1N)N(C)C(=O)C(F)(F)F. The first-order valence-corrected chi connectivity index (χ1v) is 5.52. The molecule has 1 atom stereocenters. The topological polar surface area (TPSA) is 83.6 Å². The van der Waals surface area contributed by atoms with Crippen LogP contribution >= 0.6 is 0 Å². The van der Waals surface area contributed by atoms with Crippen molar-refractivity contribution in [3.8, 4) is 0 Å². The number of anilines is 1. The third-order valence-corrected chi connectivity index (χ3v) is 2.93. The summed E-state index contributed by atoms with van der Waals surface area (Å²) in [6.07, 6.45) is -4.97. The Labute approximate surface area is 112 Å². The molecule has 0 saturated heterocycles. The van der Waals surface area contributed by atoms with Gasteiger partial charge in [0.25, 0.3) is 0 Å². The molecule has 1 unspecified atom stereocenters. The van der Waals surface area contributed by atoms with Gasteiger partial charge >= 0.3 is 18.1 Å². The van der Waals surface area contributed by atoms with Crippen molar-refractivity contribution in [1.29, 1.82) is 0 Å². The van der Waals surface area contributed by atoms with Gasteiger partial charge in [0.1, 0.15) is 0 Å². The number of hydrogen-bond acceptors (Lipinski definition) is 3. The Morgan fingerprint density at radius 1 is 1.35 bits per heavy atom. The molecule has 110 valence electrons. The summed E-state index contributed by atoms with van der Waals surface area (Å²) in [6.45, 7) is 1.37. The lowest BCUT2D eigenvalue weighted by Gasteiger charge is -2.27. The number of carbonyl (C=O) groups is 2. The minimum absolute atomic E-state index is 0.0132. The Morgan fingerprint density at radius 3 is 2.30 bits per heavy atom. The van der Waals surface area contributed by atoms with Gasteiger partial charge in [-0.15, -0.1) is 0 Å².